The van der Waals surface area contributed by atoms with Crippen molar-refractivity contribution in [2.75, 3.05) is 38.1 Å². The van der Waals surface area contributed by atoms with Gasteiger partial charge in [-0.25, -0.2) is 4.79 Å². The van der Waals surface area contributed by atoms with Gasteiger partial charge >= 0.3 is 12.7 Å². The smallest absolute Gasteiger partial charge is 0.409 e. The lowest BCUT2D eigenvalue weighted by Crippen LogP contribution is -2.52. The Kier molecular flexibility index (Phi) is 8.03. The second kappa shape index (κ2) is 10.9. The topological polar surface area (TPSA) is 106 Å². The summed E-state index contributed by atoms with van der Waals surface area (Å²) in [7, 11) is 0. The molecule has 0 spiro atoms. The van der Waals surface area contributed by atoms with Crippen molar-refractivity contribution in [2.45, 2.75) is 33.4 Å². The Balaban J connectivity index is 1.65. The van der Waals surface area contributed by atoms with Crippen molar-refractivity contribution in [1.29, 1.82) is 0 Å². The second-order valence-electron chi connectivity index (χ2n) is 7.62. The molecule has 0 saturated carbocycles. The van der Waals surface area contributed by atoms with Gasteiger partial charge in [0.25, 0.3) is 5.91 Å². The number of piperazine rings is 1. The molecular weight excluding hydrogens is 452 g/mol. The molecule has 3 amide bonds. The molecule has 10 nitrogen and oxygen atoms in total. The van der Waals surface area contributed by atoms with E-state index in [-0.39, 0.29) is 23.8 Å². The van der Waals surface area contributed by atoms with Crippen LogP contribution < -0.4 is 10.1 Å². The van der Waals surface area contributed by atoms with E-state index in [1.807, 2.05) is 0 Å². The van der Waals surface area contributed by atoms with Gasteiger partial charge in [0.05, 0.1) is 23.6 Å². The predicted octanol–water partition coefficient (Wildman–Crippen LogP) is 2.91. The minimum Gasteiger partial charge on any atom is -0.450 e. The number of nitrogens with zero attached hydrogens (tertiary/aromatic N) is 4. The third-order valence-electron chi connectivity index (χ3n) is 5.38. The number of hydrogen-bond donors (Lipinski definition) is 1. The monoisotopic (exact) mass is 479 g/mol. The minimum absolute atomic E-state index is 0.0569. The first kappa shape index (κ1) is 24.9. The van der Waals surface area contributed by atoms with E-state index >= 15 is 0 Å². The van der Waals surface area contributed by atoms with Crippen LogP contribution in [0.25, 0.3) is 0 Å². The maximum absolute atomic E-state index is 13.0. The molecule has 1 fully saturated rings. The van der Waals surface area contributed by atoms with Crippen molar-refractivity contribution in [1.82, 2.24) is 19.6 Å². The quantitative estimate of drug-likeness (QED) is 0.655. The van der Waals surface area contributed by atoms with Crippen molar-refractivity contribution >= 4 is 23.6 Å². The molecule has 0 aliphatic carbocycles. The minimum atomic E-state index is -3.07. The number of benzene rings is 1. The number of halogens is 2. The van der Waals surface area contributed by atoms with E-state index in [4.69, 9.17) is 4.74 Å². The van der Waals surface area contributed by atoms with Gasteiger partial charge in [-0.05, 0) is 32.9 Å². The van der Waals surface area contributed by atoms with Gasteiger partial charge in [0.1, 0.15) is 11.8 Å². The summed E-state index contributed by atoms with van der Waals surface area (Å²) >= 11 is 0. The van der Waals surface area contributed by atoms with E-state index in [1.54, 1.807) is 30.6 Å². The van der Waals surface area contributed by atoms with Gasteiger partial charge in [-0.15, -0.1) is 0 Å². The summed E-state index contributed by atoms with van der Waals surface area (Å²) in [5, 5.41) is 6.96. The van der Waals surface area contributed by atoms with Gasteiger partial charge in [-0.3, -0.25) is 14.3 Å². The molecule has 0 bridgehead atoms. The zero-order valence-electron chi connectivity index (χ0n) is 19.2. The lowest BCUT2D eigenvalue weighted by atomic mass is 10.2. The molecular formula is C22H27F2N5O5. The number of aromatic nitrogens is 2. The van der Waals surface area contributed by atoms with E-state index < -0.39 is 24.7 Å². The van der Waals surface area contributed by atoms with Crippen molar-refractivity contribution in [3.8, 4) is 5.75 Å². The molecule has 2 heterocycles. The maximum atomic E-state index is 13.0. The summed E-state index contributed by atoms with van der Waals surface area (Å²) in [4.78, 5) is 40.7. The molecule has 1 aliphatic rings. The molecule has 1 aliphatic heterocycles. The first-order valence-corrected chi connectivity index (χ1v) is 10.8. The predicted molar refractivity (Wildman–Crippen MR) is 118 cm³/mol. The summed E-state index contributed by atoms with van der Waals surface area (Å²) in [6.07, 6.45) is 1.12. The Morgan fingerprint density at radius 2 is 1.76 bits per heavy atom. The van der Waals surface area contributed by atoms with Crippen LogP contribution in [-0.4, -0.2) is 76.9 Å². The number of rotatable bonds is 7. The molecule has 1 unspecified atom stereocenters. The number of alkyl halides is 2. The SMILES string of the molecule is CCOC(=O)N1CCN(C(=O)C(C)n2cc(NC(=O)c3ccccc3OC(F)F)c(C)n2)CC1. The molecule has 1 aromatic carbocycles. The molecule has 1 atom stereocenters. The zero-order valence-corrected chi connectivity index (χ0v) is 19.2. The number of carbonyl (C=O) groups excluding carboxylic acids is 3. The first-order chi connectivity index (χ1) is 16.2. The number of para-hydroxylation sites is 1. The lowest BCUT2D eigenvalue weighted by molar-refractivity contribution is -0.136. The number of hydrogen-bond acceptors (Lipinski definition) is 6. The third kappa shape index (κ3) is 5.80. The number of carbonyl (C=O) groups is 3. The largest absolute Gasteiger partial charge is 0.450 e. The van der Waals surface area contributed by atoms with Crippen molar-refractivity contribution in [3.63, 3.8) is 0 Å². The van der Waals surface area contributed by atoms with Gasteiger partial charge < -0.3 is 24.6 Å². The van der Waals surface area contributed by atoms with Crippen LogP contribution in [0.5, 0.6) is 5.75 Å². The number of anilines is 1. The Morgan fingerprint density at radius 3 is 2.41 bits per heavy atom. The fourth-order valence-corrected chi connectivity index (χ4v) is 3.55. The molecule has 0 radical (unpaired) electrons. The van der Waals surface area contributed by atoms with Crippen LogP contribution in [0.4, 0.5) is 19.3 Å². The highest BCUT2D eigenvalue weighted by molar-refractivity contribution is 6.06. The van der Waals surface area contributed by atoms with Gasteiger partial charge in [0, 0.05) is 32.4 Å². The summed E-state index contributed by atoms with van der Waals surface area (Å²) in [6, 6.07) is 5.01. The average molecular weight is 479 g/mol. The van der Waals surface area contributed by atoms with Crippen LogP contribution in [0.2, 0.25) is 0 Å². The fourth-order valence-electron chi connectivity index (χ4n) is 3.55. The molecule has 2 aromatic rings. The zero-order chi connectivity index (χ0) is 24.8. The van der Waals surface area contributed by atoms with Crippen molar-refractivity contribution < 1.29 is 32.6 Å². The number of aryl methyl sites for hydroxylation is 1. The van der Waals surface area contributed by atoms with Crippen LogP contribution in [0, 0.1) is 6.92 Å². The van der Waals surface area contributed by atoms with E-state index in [1.165, 1.54) is 35.1 Å². The molecule has 184 valence electrons. The highest BCUT2D eigenvalue weighted by Gasteiger charge is 2.29. The lowest BCUT2D eigenvalue weighted by Gasteiger charge is -2.35. The number of ether oxygens (including phenoxy) is 2. The van der Waals surface area contributed by atoms with Crippen LogP contribution >= 0.6 is 0 Å². The van der Waals surface area contributed by atoms with Gasteiger partial charge in [-0.1, -0.05) is 12.1 Å². The van der Waals surface area contributed by atoms with Crippen LogP contribution in [0.1, 0.15) is 35.9 Å². The second-order valence-corrected chi connectivity index (χ2v) is 7.62. The molecule has 12 heteroatoms. The van der Waals surface area contributed by atoms with E-state index in [0.29, 0.717) is 37.6 Å². The first-order valence-electron chi connectivity index (χ1n) is 10.8. The molecule has 3 rings (SSSR count). The van der Waals surface area contributed by atoms with Gasteiger partial charge in [0.15, 0.2) is 0 Å². The highest BCUT2D eigenvalue weighted by atomic mass is 19.3. The molecule has 1 saturated heterocycles. The summed E-state index contributed by atoms with van der Waals surface area (Å²) in [5.74, 6) is -1.07. The highest BCUT2D eigenvalue weighted by Crippen LogP contribution is 2.24. The summed E-state index contributed by atoms with van der Waals surface area (Å²) in [6.45, 7) is 3.78. The van der Waals surface area contributed by atoms with E-state index in [9.17, 15) is 23.2 Å². The number of nitrogens with one attached hydrogen (secondary N) is 1. The molecule has 1 N–H and O–H groups in total. The standard InChI is InChI=1S/C22H27F2N5O5/c1-4-33-22(32)28-11-9-27(10-12-28)20(31)15(3)29-13-17(14(2)26-29)25-19(30)16-7-5-6-8-18(16)34-21(23)24/h5-8,13,15,21H,4,9-12H2,1-3H3,(H,25,30). The van der Waals surface area contributed by atoms with Crippen LogP contribution in [0.15, 0.2) is 30.5 Å². The molecule has 1 aromatic heterocycles. The van der Waals surface area contributed by atoms with Gasteiger partial charge in [0.2, 0.25) is 5.91 Å². The van der Waals surface area contributed by atoms with E-state index in [2.05, 4.69) is 15.2 Å². The fraction of sp³-hybridized carbons (Fsp3) is 0.455. The average Bonchev–Trinajstić information content (AvgIpc) is 3.18. The third-order valence-corrected chi connectivity index (χ3v) is 5.38. The van der Waals surface area contributed by atoms with E-state index in [0.717, 1.165) is 0 Å². The van der Waals surface area contributed by atoms with Crippen LogP contribution in [0.3, 0.4) is 0 Å². The Bertz CT molecular complexity index is 1040. The summed E-state index contributed by atoms with van der Waals surface area (Å²) in [5.41, 5.74) is 0.731. The van der Waals surface area contributed by atoms with Crippen molar-refractivity contribution in [2.24, 2.45) is 0 Å². The summed E-state index contributed by atoms with van der Waals surface area (Å²) < 4.78 is 36.1. The van der Waals surface area contributed by atoms with Crippen LogP contribution in [-0.2, 0) is 9.53 Å². The van der Waals surface area contributed by atoms with Crippen molar-refractivity contribution in [3.05, 3.63) is 41.7 Å². The maximum Gasteiger partial charge on any atom is 0.409 e. The van der Waals surface area contributed by atoms with Gasteiger partial charge in [-0.2, -0.15) is 13.9 Å². The number of amides is 3. The Hall–Kier alpha value is -3.70. The Morgan fingerprint density at radius 1 is 1.12 bits per heavy atom. The molecule has 34 heavy (non-hydrogen) atoms. The Labute approximate surface area is 195 Å². The normalized spacial score (nSPS) is 14.6.